The maximum Gasteiger partial charge on any atom is 0.320 e. The van der Waals surface area contributed by atoms with Crippen molar-refractivity contribution in [3.05, 3.63) is 0 Å². The van der Waals surface area contributed by atoms with Crippen LogP contribution in [0.5, 0.6) is 0 Å². The van der Waals surface area contributed by atoms with Crippen molar-refractivity contribution in [3.63, 3.8) is 0 Å². The van der Waals surface area contributed by atoms with Gasteiger partial charge in [-0.1, -0.05) is 0 Å². The number of carbonyl (C=O) groups is 3. The molecular weight excluding hydrogens is 242 g/mol. The van der Waals surface area contributed by atoms with Crippen LogP contribution in [-0.2, 0) is 14.4 Å². The topological polar surface area (TPSA) is 142 Å². The number of likely N-dealkylation sites (N-methyl/N-ethyl adjacent to an activating group) is 1. The minimum Gasteiger partial charge on any atom is -0.480 e. The van der Waals surface area contributed by atoms with E-state index in [1.807, 2.05) is 0 Å². The largest absolute Gasteiger partial charge is 0.480 e. The van der Waals surface area contributed by atoms with Crippen LogP contribution in [-0.4, -0.2) is 53.7 Å². The van der Waals surface area contributed by atoms with Gasteiger partial charge in [0.05, 0.1) is 0 Å². The first-order valence-corrected chi connectivity index (χ1v) is 5.53. The van der Waals surface area contributed by atoms with Gasteiger partial charge in [-0.05, 0) is 12.8 Å². The van der Waals surface area contributed by atoms with Crippen molar-refractivity contribution < 1.29 is 24.6 Å². The molecule has 0 rings (SSSR count). The molecular formula is C10H19N3O5. The summed E-state index contributed by atoms with van der Waals surface area (Å²) in [7, 11) is 1.40. The van der Waals surface area contributed by atoms with Crippen LogP contribution < -0.4 is 16.4 Å². The van der Waals surface area contributed by atoms with Gasteiger partial charge in [-0.2, -0.15) is 0 Å². The lowest BCUT2D eigenvalue weighted by atomic mass is 10.1. The molecule has 0 aliphatic heterocycles. The molecule has 18 heavy (non-hydrogen) atoms. The number of aliphatic carboxylic acids is 1. The number of carbonyl (C=O) groups excluding carboxylic acids is 2. The van der Waals surface area contributed by atoms with Gasteiger partial charge in [0.15, 0.2) is 0 Å². The molecule has 8 heteroatoms. The summed E-state index contributed by atoms with van der Waals surface area (Å²) >= 11 is 0. The van der Waals surface area contributed by atoms with Gasteiger partial charge in [-0.3, -0.25) is 14.4 Å². The molecule has 8 nitrogen and oxygen atoms in total. The van der Waals surface area contributed by atoms with Crippen molar-refractivity contribution in [2.75, 3.05) is 13.6 Å². The fourth-order valence-electron chi connectivity index (χ4n) is 1.14. The van der Waals surface area contributed by atoms with Crippen LogP contribution in [0.4, 0.5) is 0 Å². The first-order chi connectivity index (χ1) is 8.38. The second-order valence-corrected chi connectivity index (χ2v) is 3.75. The summed E-state index contributed by atoms with van der Waals surface area (Å²) < 4.78 is 0. The molecule has 0 spiro atoms. The Bertz CT molecular complexity index is 308. The molecule has 2 atom stereocenters. The Labute approximate surface area is 105 Å². The van der Waals surface area contributed by atoms with Gasteiger partial charge in [0.2, 0.25) is 11.8 Å². The zero-order valence-corrected chi connectivity index (χ0v) is 10.2. The van der Waals surface area contributed by atoms with Crippen LogP contribution in [0.25, 0.3) is 0 Å². The van der Waals surface area contributed by atoms with Gasteiger partial charge in [-0.25, -0.2) is 0 Å². The molecule has 104 valence electrons. The summed E-state index contributed by atoms with van der Waals surface area (Å²) in [6, 6.07) is -1.06. The minimum atomic E-state index is -1.17. The monoisotopic (exact) mass is 261 g/mol. The van der Waals surface area contributed by atoms with E-state index in [2.05, 4.69) is 10.6 Å². The highest BCUT2D eigenvalue weighted by molar-refractivity contribution is 5.80. The van der Waals surface area contributed by atoms with E-state index in [9.17, 15) is 19.5 Å². The van der Waals surface area contributed by atoms with Gasteiger partial charge < -0.3 is 26.6 Å². The van der Waals surface area contributed by atoms with Crippen LogP contribution in [0.2, 0.25) is 0 Å². The first kappa shape index (κ1) is 16.3. The van der Waals surface area contributed by atoms with E-state index in [0.717, 1.165) is 0 Å². The smallest absolute Gasteiger partial charge is 0.320 e. The Morgan fingerprint density at radius 1 is 1.28 bits per heavy atom. The maximum absolute atomic E-state index is 11.2. The highest BCUT2D eigenvalue weighted by Gasteiger charge is 2.15. The first-order valence-electron chi connectivity index (χ1n) is 5.53. The molecule has 0 unspecified atom stereocenters. The van der Waals surface area contributed by atoms with Crippen LogP contribution >= 0.6 is 0 Å². The van der Waals surface area contributed by atoms with E-state index in [1.54, 1.807) is 0 Å². The van der Waals surface area contributed by atoms with E-state index in [0.29, 0.717) is 0 Å². The fourth-order valence-corrected chi connectivity index (χ4v) is 1.14. The Hall–Kier alpha value is -1.67. The zero-order chi connectivity index (χ0) is 14.1. The SMILES string of the molecule is CNC(=O)[C@@H](O)CCNC(=O)CC[C@H](N)C(=O)O. The zero-order valence-electron chi connectivity index (χ0n) is 10.2. The molecule has 0 aromatic carbocycles. The van der Waals surface area contributed by atoms with E-state index < -0.39 is 24.0 Å². The molecule has 2 amide bonds. The number of hydrogen-bond donors (Lipinski definition) is 5. The van der Waals surface area contributed by atoms with Crippen molar-refractivity contribution in [1.82, 2.24) is 10.6 Å². The van der Waals surface area contributed by atoms with Crippen molar-refractivity contribution in [1.29, 1.82) is 0 Å². The van der Waals surface area contributed by atoms with Crippen molar-refractivity contribution >= 4 is 17.8 Å². The van der Waals surface area contributed by atoms with E-state index >= 15 is 0 Å². The van der Waals surface area contributed by atoms with E-state index in [1.165, 1.54) is 7.05 Å². The third kappa shape index (κ3) is 6.81. The highest BCUT2D eigenvalue weighted by Crippen LogP contribution is 1.95. The van der Waals surface area contributed by atoms with Crippen molar-refractivity contribution in [2.45, 2.75) is 31.4 Å². The second-order valence-electron chi connectivity index (χ2n) is 3.75. The van der Waals surface area contributed by atoms with Gasteiger partial charge in [-0.15, -0.1) is 0 Å². The number of rotatable bonds is 8. The van der Waals surface area contributed by atoms with Gasteiger partial charge in [0.25, 0.3) is 0 Å². The number of nitrogens with two attached hydrogens (primary N) is 1. The summed E-state index contributed by atoms with van der Waals surface area (Å²) in [5, 5.41) is 22.5. The summed E-state index contributed by atoms with van der Waals surface area (Å²) in [5.74, 6) is -2.04. The van der Waals surface area contributed by atoms with Crippen molar-refractivity contribution in [3.8, 4) is 0 Å². The third-order valence-electron chi connectivity index (χ3n) is 2.29. The third-order valence-corrected chi connectivity index (χ3v) is 2.29. The summed E-state index contributed by atoms with van der Waals surface area (Å²) in [5.41, 5.74) is 5.23. The molecule has 0 bridgehead atoms. The number of amides is 2. The van der Waals surface area contributed by atoms with Crippen LogP contribution in [0.15, 0.2) is 0 Å². The Balaban J connectivity index is 3.72. The lowest BCUT2D eigenvalue weighted by Gasteiger charge is -2.10. The number of carboxylic acids is 1. The molecule has 6 N–H and O–H groups in total. The molecule has 0 radical (unpaired) electrons. The van der Waals surface area contributed by atoms with E-state index in [4.69, 9.17) is 10.8 Å². The Kier molecular flexibility index (Phi) is 7.64. The van der Waals surface area contributed by atoms with E-state index in [-0.39, 0.29) is 31.7 Å². The molecule has 0 aliphatic carbocycles. The molecule has 0 heterocycles. The Morgan fingerprint density at radius 3 is 2.39 bits per heavy atom. The van der Waals surface area contributed by atoms with Crippen molar-refractivity contribution in [2.24, 2.45) is 5.73 Å². The number of aliphatic hydroxyl groups excluding tert-OH is 1. The predicted molar refractivity (Wildman–Crippen MR) is 62.5 cm³/mol. The van der Waals surface area contributed by atoms with Gasteiger partial charge in [0.1, 0.15) is 12.1 Å². The second kappa shape index (κ2) is 8.43. The standard InChI is InChI=1S/C10H19N3O5/c1-12-9(16)7(14)4-5-13-8(15)3-2-6(11)10(17)18/h6-7,14H,2-5,11H2,1H3,(H,12,16)(H,13,15)(H,17,18)/t6-,7-/m0/s1. The number of nitrogens with one attached hydrogen (secondary N) is 2. The van der Waals surface area contributed by atoms with Gasteiger partial charge in [0, 0.05) is 20.0 Å². The summed E-state index contributed by atoms with van der Waals surface area (Å²) in [4.78, 5) is 32.6. The van der Waals surface area contributed by atoms with Gasteiger partial charge >= 0.3 is 5.97 Å². The average Bonchev–Trinajstić information content (AvgIpc) is 2.34. The predicted octanol–water partition coefficient (Wildman–Crippen LogP) is -2.21. The highest BCUT2D eigenvalue weighted by atomic mass is 16.4. The normalized spacial score (nSPS) is 13.5. The fraction of sp³-hybridized carbons (Fsp3) is 0.700. The number of carboxylic acid groups (broad SMARTS) is 1. The summed E-state index contributed by atoms with van der Waals surface area (Å²) in [6.45, 7) is 0.135. The molecule has 0 aromatic rings. The lowest BCUT2D eigenvalue weighted by Crippen LogP contribution is -2.36. The minimum absolute atomic E-state index is 0.0104. The maximum atomic E-state index is 11.2. The molecule has 0 fully saturated rings. The number of hydrogen-bond acceptors (Lipinski definition) is 5. The summed E-state index contributed by atoms with van der Waals surface area (Å²) in [6.07, 6.45) is -1.05. The molecule has 0 saturated carbocycles. The van der Waals surface area contributed by atoms with Crippen LogP contribution in [0.3, 0.4) is 0 Å². The molecule has 0 aromatic heterocycles. The average molecular weight is 261 g/mol. The molecule has 0 saturated heterocycles. The van der Waals surface area contributed by atoms with Crippen LogP contribution in [0.1, 0.15) is 19.3 Å². The number of aliphatic hydroxyl groups is 1. The lowest BCUT2D eigenvalue weighted by molar-refractivity contribution is -0.138. The quantitative estimate of drug-likeness (QED) is 0.335. The molecule has 0 aliphatic rings. The van der Waals surface area contributed by atoms with Crippen LogP contribution in [0, 0.1) is 0 Å². The Morgan fingerprint density at radius 2 is 1.89 bits per heavy atom.